The molecule has 0 unspecified atom stereocenters. The number of carbonyl (C=O) groups excluding carboxylic acids is 2. The summed E-state index contributed by atoms with van der Waals surface area (Å²) in [4.78, 5) is 30.7. The van der Waals surface area contributed by atoms with Gasteiger partial charge in [0.1, 0.15) is 5.75 Å². The maximum absolute atomic E-state index is 12.8. The Morgan fingerprint density at radius 1 is 1.29 bits per heavy atom. The summed E-state index contributed by atoms with van der Waals surface area (Å²) in [5.74, 6) is 1.21. The number of H-pyrrole nitrogens is 1. The van der Waals surface area contributed by atoms with Gasteiger partial charge >= 0.3 is 6.09 Å². The fourth-order valence-corrected chi connectivity index (χ4v) is 4.17. The summed E-state index contributed by atoms with van der Waals surface area (Å²) in [5, 5.41) is 9.63. The van der Waals surface area contributed by atoms with Crippen molar-refractivity contribution in [1.82, 2.24) is 25.4 Å². The van der Waals surface area contributed by atoms with Gasteiger partial charge in [-0.25, -0.2) is 4.79 Å². The van der Waals surface area contributed by atoms with Crippen molar-refractivity contribution in [2.75, 3.05) is 26.3 Å². The van der Waals surface area contributed by atoms with E-state index in [0.717, 1.165) is 36.5 Å². The Balaban J connectivity index is 1.21. The Hall–Kier alpha value is -3.10. The second kappa shape index (κ2) is 9.80. The minimum Gasteiger partial charge on any atom is -0.492 e. The van der Waals surface area contributed by atoms with Crippen LogP contribution in [0.4, 0.5) is 4.79 Å². The average molecular weight is 428 g/mol. The molecule has 2 N–H and O–H groups in total. The molecule has 9 nitrogen and oxygen atoms in total. The van der Waals surface area contributed by atoms with Crippen molar-refractivity contribution in [1.29, 1.82) is 0 Å². The van der Waals surface area contributed by atoms with E-state index in [9.17, 15) is 9.59 Å². The number of hydrogen-bond acceptors (Lipinski definition) is 6. The lowest BCUT2D eigenvalue weighted by Crippen LogP contribution is -2.52. The van der Waals surface area contributed by atoms with E-state index in [2.05, 4.69) is 20.5 Å². The van der Waals surface area contributed by atoms with E-state index in [1.165, 1.54) is 0 Å². The minimum atomic E-state index is -0.402. The van der Waals surface area contributed by atoms with Crippen LogP contribution in [-0.2, 0) is 9.53 Å². The first-order chi connectivity index (χ1) is 15.1. The van der Waals surface area contributed by atoms with E-state index in [-0.39, 0.29) is 17.9 Å². The molecular formula is C22H29N5O4. The van der Waals surface area contributed by atoms with Gasteiger partial charge in [-0.3, -0.25) is 14.9 Å². The Morgan fingerprint density at radius 3 is 2.87 bits per heavy atom. The smallest absolute Gasteiger partial charge is 0.407 e. The fourth-order valence-electron chi connectivity index (χ4n) is 4.17. The predicted octanol–water partition coefficient (Wildman–Crippen LogP) is 2.61. The lowest BCUT2D eigenvalue weighted by atomic mass is 9.79. The molecule has 166 valence electrons. The molecule has 4 rings (SSSR count). The number of amides is 2. The van der Waals surface area contributed by atoms with Gasteiger partial charge in [0.2, 0.25) is 5.91 Å². The number of rotatable bonds is 7. The minimum absolute atomic E-state index is 0.00850. The number of aromatic amines is 1. The highest BCUT2D eigenvalue weighted by Crippen LogP contribution is 2.31. The third-order valence-corrected chi connectivity index (χ3v) is 5.91. The molecule has 2 aliphatic rings. The number of alkyl carbamates (subject to hydrolysis) is 1. The summed E-state index contributed by atoms with van der Waals surface area (Å²) < 4.78 is 10.8. The zero-order valence-corrected chi connectivity index (χ0v) is 17.8. The number of ether oxygens (including phenoxy) is 2. The van der Waals surface area contributed by atoms with E-state index < -0.39 is 6.09 Å². The van der Waals surface area contributed by atoms with E-state index in [4.69, 9.17) is 9.47 Å². The number of nitrogens with one attached hydrogen (secondary N) is 2. The van der Waals surface area contributed by atoms with Gasteiger partial charge < -0.3 is 19.7 Å². The Labute approximate surface area is 181 Å². The molecule has 2 aromatic rings. The molecule has 1 saturated heterocycles. The lowest BCUT2D eigenvalue weighted by molar-refractivity contribution is -0.141. The number of aromatic nitrogens is 3. The Bertz CT molecular complexity index is 865. The van der Waals surface area contributed by atoms with Crippen LogP contribution in [0.5, 0.6) is 5.75 Å². The van der Waals surface area contributed by atoms with Crippen LogP contribution in [0.1, 0.15) is 32.6 Å². The highest BCUT2D eigenvalue weighted by Gasteiger charge is 2.39. The first-order valence-electron chi connectivity index (χ1n) is 10.9. The summed E-state index contributed by atoms with van der Waals surface area (Å²) in [5.41, 5.74) is 1.68. The SMILES string of the molecule is CCOC(=O)NC1CC(C(=O)N2CCC[C@@H](COc3ccc(-c4ccn[nH]4)nc3)C2)C1. The maximum atomic E-state index is 12.8. The monoisotopic (exact) mass is 427 g/mol. The highest BCUT2D eigenvalue weighted by atomic mass is 16.5. The maximum Gasteiger partial charge on any atom is 0.407 e. The number of nitrogens with zero attached hydrogens (tertiary/aromatic N) is 3. The molecule has 1 aliphatic heterocycles. The van der Waals surface area contributed by atoms with E-state index in [1.807, 2.05) is 23.1 Å². The molecule has 0 aromatic carbocycles. The van der Waals surface area contributed by atoms with Crippen LogP contribution >= 0.6 is 0 Å². The molecule has 0 spiro atoms. The zero-order chi connectivity index (χ0) is 21.6. The van der Waals surface area contributed by atoms with Gasteiger partial charge in [-0.05, 0) is 50.8 Å². The molecule has 1 aliphatic carbocycles. The summed E-state index contributed by atoms with van der Waals surface area (Å²) in [6.45, 7) is 4.19. The van der Waals surface area contributed by atoms with Gasteiger partial charge in [0, 0.05) is 37.2 Å². The van der Waals surface area contributed by atoms with E-state index in [1.54, 1.807) is 19.3 Å². The molecule has 0 radical (unpaired) electrons. The molecule has 31 heavy (non-hydrogen) atoms. The lowest BCUT2D eigenvalue weighted by Gasteiger charge is -2.40. The quantitative estimate of drug-likeness (QED) is 0.703. The molecule has 1 atom stereocenters. The second-order valence-corrected chi connectivity index (χ2v) is 8.18. The normalized spacial score (nSPS) is 23.0. The van der Waals surface area contributed by atoms with Crippen LogP contribution < -0.4 is 10.1 Å². The van der Waals surface area contributed by atoms with Gasteiger partial charge in [0.15, 0.2) is 0 Å². The Kier molecular flexibility index (Phi) is 6.69. The topological polar surface area (TPSA) is 109 Å². The van der Waals surface area contributed by atoms with Crippen molar-refractivity contribution in [2.24, 2.45) is 11.8 Å². The van der Waals surface area contributed by atoms with Crippen LogP contribution in [0.15, 0.2) is 30.6 Å². The van der Waals surface area contributed by atoms with Gasteiger partial charge in [-0.15, -0.1) is 0 Å². The largest absolute Gasteiger partial charge is 0.492 e. The van der Waals surface area contributed by atoms with Crippen molar-refractivity contribution in [3.8, 4) is 17.1 Å². The molecule has 9 heteroatoms. The number of hydrogen-bond donors (Lipinski definition) is 2. The van der Waals surface area contributed by atoms with Crippen LogP contribution in [0.3, 0.4) is 0 Å². The van der Waals surface area contributed by atoms with Crippen LogP contribution in [-0.4, -0.2) is 64.4 Å². The summed E-state index contributed by atoms with van der Waals surface area (Å²) in [6, 6.07) is 5.71. The molecule has 1 saturated carbocycles. The Morgan fingerprint density at radius 2 is 2.16 bits per heavy atom. The number of piperidine rings is 1. The number of carbonyl (C=O) groups is 2. The van der Waals surface area contributed by atoms with Gasteiger partial charge in [-0.1, -0.05) is 0 Å². The van der Waals surface area contributed by atoms with Crippen molar-refractivity contribution in [2.45, 2.75) is 38.6 Å². The molecule has 2 aromatic heterocycles. The predicted molar refractivity (Wildman–Crippen MR) is 113 cm³/mol. The summed E-state index contributed by atoms with van der Waals surface area (Å²) in [6.07, 6.45) is 6.40. The molecule has 2 fully saturated rings. The molecule has 2 amide bonds. The van der Waals surface area contributed by atoms with Crippen molar-refractivity contribution < 1.29 is 19.1 Å². The van der Waals surface area contributed by atoms with Gasteiger partial charge in [0.05, 0.1) is 30.8 Å². The van der Waals surface area contributed by atoms with Crippen molar-refractivity contribution in [3.63, 3.8) is 0 Å². The third-order valence-electron chi connectivity index (χ3n) is 5.91. The fraction of sp³-hybridized carbons (Fsp3) is 0.545. The first-order valence-corrected chi connectivity index (χ1v) is 10.9. The van der Waals surface area contributed by atoms with Crippen molar-refractivity contribution >= 4 is 12.0 Å². The third kappa shape index (κ3) is 5.34. The van der Waals surface area contributed by atoms with E-state index >= 15 is 0 Å². The standard InChI is InChI=1S/C22H29N5O4/c1-2-30-22(29)25-17-10-16(11-17)21(28)27-9-3-4-15(13-27)14-31-18-5-6-19(23-12-18)20-7-8-24-26-20/h5-8,12,15-17H,2-4,9-11,13-14H2,1H3,(H,24,26)(H,25,29)/t15-,16?,17?/m1/s1. The molecule has 0 bridgehead atoms. The molecule has 3 heterocycles. The van der Waals surface area contributed by atoms with Gasteiger partial charge in [-0.2, -0.15) is 5.10 Å². The number of likely N-dealkylation sites (tertiary alicyclic amines) is 1. The van der Waals surface area contributed by atoms with E-state index in [0.29, 0.717) is 38.5 Å². The highest BCUT2D eigenvalue weighted by molar-refractivity contribution is 5.80. The zero-order valence-electron chi connectivity index (χ0n) is 17.8. The van der Waals surface area contributed by atoms with Crippen LogP contribution in [0.2, 0.25) is 0 Å². The summed E-state index contributed by atoms with van der Waals surface area (Å²) in [7, 11) is 0. The van der Waals surface area contributed by atoms with Crippen LogP contribution in [0, 0.1) is 11.8 Å². The van der Waals surface area contributed by atoms with Gasteiger partial charge in [0.25, 0.3) is 0 Å². The first kappa shape index (κ1) is 21.1. The molecular weight excluding hydrogens is 398 g/mol. The summed E-state index contributed by atoms with van der Waals surface area (Å²) >= 11 is 0. The average Bonchev–Trinajstić information content (AvgIpc) is 3.30. The number of pyridine rings is 1. The van der Waals surface area contributed by atoms with Crippen LogP contribution in [0.25, 0.3) is 11.4 Å². The van der Waals surface area contributed by atoms with Crippen molar-refractivity contribution in [3.05, 3.63) is 30.6 Å². The second-order valence-electron chi connectivity index (χ2n) is 8.18.